The standard InChI is InChI=1S/C11H13ClN4S/c1-13-11(14-2)15-6-10-16-8-5-7(12)3-4-9(8)17-10/h3-5H,6H2,1-2H3,(H2,13,14,15). The van der Waals surface area contributed by atoms with E-state index in [1.165, 1.54) is 0 Å². The quantitative estimate of drug-likeness (QED) is 0.649. The Morgan fingerprint density at radius 2 is 2.35 bits per heavy atom. The van der Waals surface area contributed by atoms with Gasteiger partial charge in [0.1, 0.15) is 5.01 Å². The fourth-order valence-corrected chi connectivity index (χ4v) is 2.52. The third-order valence-electron chi connectivity index (χ3n) is 2.26. The number of rotatable bonds is 2. The minimum atomic E-state index is 0.657. The molecule has 90 valence electrons. The summed E-state index contributed by atoms with van der Waals surface area (Å²) >= 11 is 7.57. The average molecular weight is 269 g/mol. The second-order valence-electron chi connectivity index (χ2n) is 3.40. The number of guanidine groups is 1. The lowest BCUT2D eigenvalue weighted by Crippen LogP contribution is -2.33. The lowest BCUT2D eigenvalue weighted by molar-refractivity contribution is 0.860. The Morgan fingerprint density at radius 1 is 1.53 bits per heavy atom. The summed E-state index contributed by atoms with van der Waals surface area (Å²) in [6.07, 6.45) is 0. The van der Waals surface area contributed by atoms with Gasteiger partial charge < -0.3 is 10.6 Å². The molecular weight excluding hydrogens is 256 g/mol. The zero-order valence-corrected chi connectivity index (χ0v) is 11.2. The van der Waals surface area contributed by atoms with Crippen molar-refractivity contribution in [1.82, 2.24) is 15.6 Å². The third kappa shape index (κ3) is 2.87. The number of aromatic nitrogens is 1. The van der Waals surface area contributed by atoms with Crippen LogP contribution < -0.4 is 10.6 Å². The maximum Gasteiger partial charge on any atom is 0.191 e. The first kappa shape index (κ1) is 12.1. The van der Waals surface area contributed by atoms with E-state index in [0.29, 0.717) is 11.6 Å². The molecule has 0 saturated heterocycles. The summed E-state index contributed by atoms with van der Waals surface area (Å²) in [5, 5.41) is 7.85. The molecule has 6 heteroatoms. The van der Waals surface area contributed by atoms with Crippen molar-refractivity contribution in [3.8, 4) is 0 Å². The Morgan fingerprint density at radius 3 is 3.06 bits per heavy atom. The van der Waals surface area contributed by atoms with Crippen molar-refractivity contribution >= 4 is 39.1 Å². The third-order valence-corrected chi connectivity index (χ3v) is 3.53. The van der Waals surface area contributed by atoms with Gasteiger partial charge in [-0.1, -0.05) is 11.6 Å². The monoisotopic (exact) mass is 268 g/mol. The van der Waals surface area contributed by atoms with Gasteiger partial charge in [-0.25, -0.2) is 4.98 Å². The van der Waals surface area contributed by atoms with Crippen LogP contribution in [0.4, 0.5) is 0 Å². The van der Waals surface area contributed by atoms with E-state index in [9.17, 15) is 0 Å². The highest BCUT2D eigenvalue weighted by Crippen LogP contribution is 2.24. The number of fused-ring (bicyclic) bond motifs is 1. The van der Waals surface area contributed by atoms with Gasteiger partial charge >= 0.3 is 0 Å². The van der Waals surface area contributed by atoms with Gasteiger partial charge in [-0.15, -0.1) is 11.3 Å². The SMILES string of the molecule is CN=C(NC)NCc1nc2cc(Cl)ccc2s1. The summed E-state index contributed by atoms with van der Waals surface area (Å²) in [5.41, 5.74) is 0.943. The maximum atomic E-state index is 5.92. The van der Waals surface area contributed by atoms with Crippen molar-refractivity contribution in [1.29, 1.82) is 0 Å². The molecule has 2 rings (SSSR count). The van der Waals surface area contributed by atoms with Crippen molar-refractivity contribution in [2.75, 3.05) is 14.1 Å². The minimum absolute atomic E-state index is 0.657. The van der Waals surface area contributed by atoms with Crippen LogP contribution in [0.5, 0.6) is 0 Å². The molecule has 0 atom stereocenters. The van der Waals surface area contributed by atoms with Crippen LogP contribution in [-0.2, 0) is 6.54 Å². The molecule has 2 N–H and O–H groups in total. The van der Waals surface area contributed by atoms with Gasteiger partial charge in [0.15, 0.2) is 5.96 Å². The van der Waals surface area contributed by atoms with E-state index in [2.05, 4.69) is 20.6 Å². The van der Waals surface area contributed by atoms with E-state index >= 15 is 0 Å². The number of hydrogen-bond donors (Lipinski definition) is 2. The van der Waals surface area contributed by atoms with Gasteiger partial charge in [-0.05, 0) is 18.2 Å². The summed E-state index contributed by atoms with van der Waals surface area (Å²) in [7, 11) is 3.56. The fourth-order valence-electron chi connectivity index (χ4n) is 1.46. The molecule has 4 nitrogen and oxygen atoms in total. The lowest BCUT2D eigenvalue weighted by atomic mass is 10.3. The first-order valence-electron chi connectivity index (χ1n) is 5.16. The van der Waals surface area contributed by atoms with Gasteiger partial charge in [0, 0.05) is 19.1 Å². The van der Waals surface area contributed by atoms with E-state index in [4.69, 9.17) is 11.6 Å². The molecule has 0 amide bonds. The molecule has 1 aromatic carbocycles. The van der Waals surface area contributed by atoms with E-state index < -0.39 is 0 Å². The van der Waals surface area contributed by atoms with Crippen LogP contribution in [0.3, 0.4) is 0 Å². The molecule has 0 fully saturated rings. The molecule has 1 aromatic heterocycles. The number of hydrogen-bond acceptors (Lipinski definition) is 3. The molecule has 0 aliphatic carbocycles. The summed E-state index contributed by atoms with van der Waals surface area (Å²) in [6, 6.07) is 5.75. The second-order valence-corrected chi connectivity index (χ2v) is 4.95. The summed E-state index contributed by atoms with van der Waals surface area (Å²) < 4.78 is 1.14. The predicted octanol–water partition coefficient (Wildman–Crippen LogP) is 2.24. The molecule has 1 heterocycles. The Bertz CT molecular complexity index is 549. The molecule has 0 unspecified atom stereocenters. The maximum absolute atomic E-state index is 5.92. The molecule has 0 saturated carbocycles. The lowest BCUT2D eigenvalue weighted by Gasteiger charge is -2.05. The molecule has 2 aromatic rings. The number of benzene rings is 1. The van der Waals surface area contributed by atoms with Crippen LogP contribution in [0.25, 0.3) is 10.2 Å². The van der Waals surface area contributed by atoms with Crippen molar-refractivity contribution in [3.05, 3.63) is 28.2 Å². The Kier molecular flexibility index (Phi) is 3.81. The molecule has 0 aliphatic heterocycles. The summed E-state index contributed by atoms with van der Waals surface area (Å²) in [5.74, 6) is 0.752. The van der Waals surface area contributed by atoms with Crippen LogP contribution in [-0.4, -0.2) is 25.0 Å². The van der Waals surface area contributed by atoms with Gasteiger partial charge in [-0.3, -0.25) is 4.99 Å². The van der Waals surface area contributed by atoms with Crippen LogP contribution in [0.2, 0.25) is 5.02 Å². The zero-order chi connectivity index (χ0) is 12.3. The first-order valence-corrected chi connectivity index (χ1v) is 6.35. The Labute approximate surface area is 109 Å². The van der Waals surface area contributed by atoms with Gasteiger partial charge in [0.25, 0.3) is 0 Å². The molecule has 0 radical (unpaired) electrons. The van der Waals surface area contributed by atoms with E-state index in [-0.39, 0.29) is 0 Å². The number of thiazole rings is 1. The molecular formula is C11H13ClN4S. The number of nitrogens with zero attached hydrogens (tertiary/aromatic N) is 2. The minimum Gasteiger partial charge on any atom is -0.359 e. The van der Waals surface area contributed by atoms with E-state index in [1.807, 2.05) is 25.2 Å². The predicted molar refractivity (Wildman–Crippen MR) is 73.9 cm³/mol. The highest BCUT2D eigenvalue weighted by Gasteiger charge is 2.04. The number of aliphatic imine (C=N–C) groups is 1. The zero-order valence-electron chi connectivity index (χ0n) is 9.62. The summed E-state index contributed by atoms with van der Waals surface area (Å²) in [6.45, 7) is 0.657. The fraction of sp³-hybridized carbons (Fsp3) is 0.273. The second kappa shape index (κ2) is 5.33. The molecule has 0 aliphatic rings. The van der Waals surface area contributed by atoms with Crippen molar-refractivity contribution in [2.24, 2.45) is 4.99 Å². The van der Waals surface area contributed by atoms with Crippen molar-refractivity contribution in [3.63, 3.8) is 0 Å². The number of nitrogens with one attached hydrogen (secondary N) is 2. The van der Waals surface area contributed by atoms with Crippen LogP contribution >= 0.6 is 22.9 Å². The molecule has 17 heavy (non-hydrogen) atoms. The van der Waals surface area contributed by atoms with Gasteiger partial charge in [0.05, 0.1) is 16.8 Å². The normalized spacial score (nSPS) is 11.8. The van der Waals surface area contributed by atoms with Crippen molar-refractivity contribution < 1.29 is 0 Å². The average Bonchev–Trinajstić information content (AvgIpc) is 2.72. The highest BCUT2D eigenvalue weighted by atomic mass is 35.5. The highest BCUT2D eigenvalue weighted by molar-refractivity contribution is 7.18. The first-order chi connectivity index (χ1) is 8.22. The van der Waals surface area contributed by atoms with E-state index in [1.54, 1.807) is 18.4 Å². The van der Waals surface area contributed by atoms with Crippen LogP contribution in [0.15, 0.2) is 23.2 Å². The van der Waals surface area contributed by atoms with Gasteiger partial charge in [0.2, 0.25) is 0 Å². The van der Waals surface area contributed by atoms with Crippen LogP contribution in [0, 0.1) is 0 Å². The number of halogens is 1. The molecule has 0 bridgehead atoms. The smallest absolute Gasteiger partial charge is 0.191 e. The Balaban J connectivity index is 2.14. The van der Waals surface area contributed by atoms with Crippen molar-refractivity contribution in [2.45, 2.75) is 6.54 Å². The van der Waals surface area contributed by atoms with E-state index in [0.717, 1.165) is 21.2 Å². The topological polar surface area (TPSA) is 49.3 Å². The van der Waals surface area contributed by atoms with Crippen LogP contribution in [0.1, 0.15) is 5.01 Å². The Hall–Kier alpha value is -1.33. The van der Waals surface area contributed by atoms with Gasteiger partial charge in [-0.2, -0.15) is 0 Å². The largest absolute Gasteiger partial charge is 0.359 e. The summed E-state index contributed by atoms with van der Waals surface area (Å²) in [4.78, 5) is 8.54. The molecule has 0 spiro atoms.